The van der Waals surface area contributed by atoms with Gasteiger partial charge in [-0.2, -0.15) is 0 Å². The third-order valence-electron chi connectivity index (χ3n) is 5.47. The summed E-state index contributed by atoms with van der Waals surface area (Å²) in [6, 6.07) is 12.8. The lowest BCUT2D eigenvalue weighted by molar-refractivity contribution is 1.16. The molecule has 0 aliphatic heterocycles. The molecule has 0 radical (unpaired) electrons. The predicted octanol–water partition coefficient (Wildman–Crippen LogP) is 8.50. The van der Waals surface area contributed by atoms with Crippen molar-refractivity contribution in [3.63, 3.8) is 0 Å². The number of hydrogen-bond acceptors (Lipinski definition) is 1. The van der Waals surface area contributed by atoms with Crippen LogP contribution in [0.1, 0.15) is 67.6 Å². The van der Waals surface area contributed by atoms with Crippen LogP contribution in [0, 0.1) is 62.3 Å². The second kappa shape index (κ2) is 13.7. The first-order valence-corrected chi connectivity index (χ1v) is 9.58. The second-order valence-electron chi connectivity index (χ2n) is 7.43. The van der Waals surface area contributed by atoms with Gasteiger partial charge in [0, 0.05) is 15.1 Å². The van der Waals surface area contributed by atoms with Crippen molar-refractivity contribution >= 4 is 0 Å². The molecule has 0 saturated heterocycles. The molecule has 2 aromatic carbocycles. The Morgan fingerprint density at radius 2 is 0.724 bits per heavy atom. The van der Waals surface area contributed by atoms with Crippen LogP contribution in [-0.4, -0.2) is 4.98 Å². The topological polar surface area (TPSA) is 12.9 Å². The molecule has 29 heavy (non-hydrogen) atoms. The monoisotopic (exact) mass is 397 g/mol. The lowest BCUT2D eigenvalue weighted by atomic mass is 10.1. The van der Waals surface area contributed by atoms with E-state index in [4.69, 9.17) is 2.74 Å². The van der Waals surface area contributed by atoms with Crippen LogP contribution in [0.2, 0.25) is 0 Å². The molecule has 3 aromatic rings. The summed E-state index contributed by atoms with van der Waals surface area (Å²) >= 11 is 0. The van der Waals surface area contributed by atoms with Gasteiger partial charge in [0.15, 0.2) is 0 Å². The van der Waals surface area contributed by atoms with Crippen LogP contribution in [0.3, 0.4) is 0 Å². The second-order valence-corrected chi connectivity index (χ2v) is 7.43. The molecule has 3 rings (SSSR count). The number of hydrogen-bond donors (Lipinski definition) is 0. The molecule has 0 aliphatic carbocycles. The van der Waals surface area contributed by atoms with Crippen molar-refractivity contribution in [1.82, 2.24) is 4.98 Å². The summed E-state index contributed by atoms with van der Waals surface area (Å²) in [7, 11) is 2.50. The maximum atomic E-state index is 5.75. The van der Waals surface area contributed by atoms with Gasteiger partial charge in [-0.15, -0.1) is 0 Å². The van der Waals surface area contributed by atoms with Crippen molar-refractivity contribution in [3.05, 3.63) is 98.9 Å². The van der Waals surface area contributed by atoms with E-state index in [-0.39, 0.29) is 0 Å². The van der Waals surface area contributed by atoms with Crippen LogP contribution >= 0.6 is 0 Å². The average molecular weight is 398 g/mol. The standard InChI is InChI=1S/2C9H12.C8H11N.2CH4/c2*1-7-5-4-6-8(2)9(7)3;1-6-4-9-5-7(2)8(6)3;;/h2*4-6H,1-3H3;4-5H,1-3H3;2*1H4/i;;;2*1T. The Morgan fingerprint density at radius 1 is 0.483 bits per heavy atom. The van der Waals surface area contributed by atoms with Gasteiger partial charge in [-0.3, -0.25) is 4.98 Å². The lowest BCUT2D eigenvalue weighted by Gasteiger charge is -2.00. The first kappa shape index (κ1) is 24.6. The third-order valence-corrected chi connectivity index (χ3v) is 5.47. The molecule has 0 aliphatic rings. The van der Waals surface area contributed by atoms with E-state index in [1.807, 2.05) is 12.4 Å². The Kier molecular flexibility index (Phi) is 11.6. The number of nitrogens with zero attached hydrogens (tertiary/aromatic N) is 1. The summed E-state index contributed by atoms with van der Waals surface area (Å²) in [6.45, 7) is 19.2. The molecule has 0 spiro atoms. The molecule has 0 unspecified atom stereocenters. The van der Waals surface area contributed by atoms with Crippen molar-refractivity contribution in [1.29, 1.82) is 0 Å². The Balaban J connectivity index is 0. The fraction of sp³-hybridized carbons (Fsp3) is 0.393. The van der Waals surface area contributed by atoms with Crippen LogP contribution in [0.5, 0.6) is 0 Å². The molecule has 1 aromatic heterocycles. The number of rotatable bonds is 0. The van der Waals surface area contributed by atoms with Gasteiger partial charge < -0.3 is 0 Å². The van der Waals surface area contributed by atoms with E-state index in [0.717, 1.165) is 0 Å². The minimum atomic E-state index is 1.25. The number of aryl methyl sites for hydroxylation is 6. The first-order valence-electron chi connectivity index (χ1n) is 11.6. The average Bonchev–Trinajstić information content (AvgIpc) is 2.78. The van der Waals surface area contributed by atoms with E-state index in [1.165, 1.54) is 64.9 Å². The molecule has 0 bridgehead atoms. The van der Waals surface area contributed by atoms with E-state index in [0.29, 0.717) is 0 Å². The van der Waals surface area contributed by atoms with Crippen LogP contribution < -0.4 is 0 Å². The van der Waals surface area contributed by atoms with Gasteiger partial charge >= 0.3 is 0 Å². The third kappa shape index (κ3) is 9.09. The summed E-state index contributed by atoms with van der Waals surface area (Å²) in [5.41, 5.74) is 12.3. The van der Waals surface area contributed by atoms with Gasteiger partial charge in [-0.25, -0.2) is 0 Å². The van der Waals surface area contributed by atoms with Crippen LogP contribution in [0.25, 0.3) is 0 Å². The van der Waals surface area contributed by atoms with Crippen molar-refractivity contribution in [3.8, 4) is 0 Å². The summed E-state index contributed by atoms with van der Waals surface area (Å²) < 4.78 is 11.5. The fourth-order valence-electron chi connectivity index (χ4n) is 2.56. The Hall–Kier alpha value is -2.41. The summed E-state index contributed by atoms with van der Waals surface area (Å²) in [4.78, 5) is 4.04. The van der Waals surface area contributed by atoms with Gasteiger partial charge in [0.1, 0.15) is 0 Å². The minimum Gasteiger partial charge on any atom is -0.264 e. The van der Waals surface area contributed by atoms with Crippen LogP contribution in [0.4, 0.5) is 0 Å². The normalized spacial score (nSPS) is 9.48. The summed E-state index contributed by atoms with van der Waals surface area (Å²) in [5.74, 6) is 0. The van der Waals surface area contributed by atoms with Crippen molar-refractivity contribution in [2.45, 2.75) is 77.1 Å². The number of benzene rings is 2. The van der Waals surface area contributed by atoms with Gasteiger partial charge in [0.25, 0.3) is 0 Å². The summed E-state index contributed by atoms with van der Waals surface area (Å²) in [6.07, 6.45) is 3.78. The zero-order chi connectivity index (χ0) is 24.6. The van der Waals surface area contributed by atoms with Gasteiger partial charge in [0.05, 0.1) is 0 Å². The minimum absolute atomic E-state index is 1.25. The molecule has 1 heteroatoms. The number of pyridine rings is 1. The molecule has 0 atom stereocenters. The molecule has 1 nitrogen and oxygen atoms in total. The Labute approximate surface area is 184 Å². The highest BCUT2D eigenvalue weighted by Gasteiger charge is 1.93. The highest BCUT2D eigenvalue weighted by atomic mass is 14.6. The van der Waals surface area contributed by atoms with E-state index >= 15 is 0 Å². The van der Waals surface area contributed by atoms with Crippen molar-refractivity contribution < 1.29 is 2.74 Å². The molecule has 1 heterocycles. The molecule has 0 N–H and O–H groups in total. The Bertz CT molecular complexity index is 708. The SMILES string of the molecule is Cc1cccc(C)c1C.Cc1cccc(C)c1C.Cc1cncc(C)c1C.[3H]C.[3H]C. The zero-order valence-electron chi connectivity index (χ0n) is 22.6. The van der Waals surface area contributed by atoms with E-state index < -0.39 is 0 Å². The zero-order valence-corrected chi connectivity index (χ0v) is 20.6. The smallest absolute Gasteiger partial charge is 0.0299 e. The highest BCUT2D eigenvalue weighted by molar-refractivity contribution is 5.32. The molecular weight excluding hydrogens is 350 g/mol. The quantitative estimate of drug-likeness (QED) is 0.370. The first-order chi connectivity index (χ1) is 14.6. The van der Waals surface area contributed by atoms with E-state index in [2.05, 4.69) is 104 Å². The molecule has 0 fully saturated rings. The van der Waals surface area contributed by atoms with Crippen molar-refractivity contribution in [2.75, 3.05) is 0 Å². The largest absolute Gasteiger partial charge is 0.264 e. The van der Waals surface area contributed by atoms with E-state index in [9.17, 15) is 0 Å². The van der Waals surface area contributed by atoms with E-state index in [1.54, 1.807) is 0 Å². The Morgan fingerprint density at radius 3 is 0.931 bits per heavy atom. The highest BCUT2D eigenvalue weighted by Crippen LogP contribution is 2.11. The van der Waals surface area contributed by atoms with Crippen LogP contribution in [0.15, 0.2) is 48.8 Å². The van der Waals surface area contributed by atoms with Gasteiger partial charge in [-0.1, -0.05) is 51.2 Å². The maximum Gasteiger partial charge on any atom is 0.0299 e. The van der Waals surface area contributed by atoms with Crippen molar-refractivity contribution in [2.24, 2.45) is 0 Å². The fourth-order valence-corrected chi connectivity index (χ4v) is 2.56. The lowest BCUT2D eigenvalue weighted by Crippen LogP contribution is -1.86. The molecule has 160 valence electrons. The van der Waals surface area contributed by atoms with Crippen LogP contribution in [-0.2, 0) is 0 Å². The molecular formula is C28H43N. The predicted molar refractivity (Wildman–Crippen MR) is 133 cm³/mol. The van der Waals surface area contributed by atoms with Gasteiger partial charge in [-0.05, 0) is 112 Å². The maximum absolute atomic E-state index is 5.75. The molecule has 0 saturated carbocycles. The molecule has 0 amide bonds. The van der Waals surface area contributed by atoms with Gasteiger partial charge in [0.2, 0.25) is 0 Å². The number of aromatic nitrogens is 1. The summed E-state index contributed by atoms with van der Waals surface area (Å²) in [5, 5.41) is 0.